The van der Waals surface area contributed by atoms with E-state index in [0.717, 1.165) is 5.56 Å². The number of anilines is 1. The lowest BCUT2D eigenvalue weighted by Gasteiger charge is -2.28. The maximum absolute atomic E-state index is 12.0. The summed E-state index contributed by atoms with van der Waals surface area (Å²) in [5.74, 6) is -0.403. The molecule has 0 spiro atoms. The molecule has 1 aliphatic rings. The van der Waals surface area contributed by atoms with Crippen LogP contribution in [-0.4, -0.2) is 41.8 Å². The van der Waals surface area contributed by atoms with E-state index in [2.05, 4.69) is 4.98 Å². The smallest absolute Gasteiger partial charge is 0.328 e. The lowest BCUT2D eigenvalue weighted by molar-refractivity contribution is -0.145. The van der Waals surface area contributed by atoms with Crippen LogP contribution in [0, 0.1) is 0 Å². The Morgan fingerprint density at radius 1 is 1.15 bits per heavy atom. The third kappa shape index (κ3) is 4.60. The van der Waals surface area contributed by atoms with E-state index >= 15 is 0 Å². The highest BCUT2D eigenvalue weighted by Gasteiger charge is 2.16. The molecule has 1 fully saturated rings. The van der Waals surface area contributed by atoms with Crippen molar-refractivity contribution in [1.82, 2.24) is 9.55 Å². The second-order valence-electron chi connectivity index (χ2n) is 5.96. The van der Waals surface area contributed by atoms with Crippen LogP contribution in [0.25, 0.3) is 0 Å². The Morgan fingerprint density at radius 3 is 2.62 bits per heavy atom. The van der Waals surface area contributed by atoms with Gasteiger partial charge in [-0.15, -0.1) is 0 Å². The van der Waals surface area contributed by atoms with Crippen molar-refractivity contribution in [2.75, 3.05) is 31.2 Å². The zero-order valence-corrected chi connectivity index (χ0v) is 14.3. The Morgan fingerprint density at radius 2 is 1.88 bits per heavy atom. The molecule has 0 atom stereocenters. The maximum Gasteiger partial charge on any atom is 0.328 e. The number of esters is 1. The summed E-state index contributed by atoms with van der Waals surface area (Å²) < 4.78 is 11.8. The number of ether oxygens (including phenoxy) is 2. The predicted octanol–water partition coefficient (Wildman–Crippen LogP) is 0.507. The summed E-state index contributed by atoms with van der Waals surface area (Å²) in [6.45, 7) is 2.56. The van der Waals surface area contributed by atoms with E-state index in [4.69, 9.17) is 9.47 Å². The molecule has 8 nitrogen and oxygen atoms in total. The largest absolute Gasteiger partial charge is 0.461 e. The number of carbonyl (C=O) groups is 1. The number of nitrogens with zero attached hydrogens (tertiary/aromatic N) is 2. The lowest BCUT2D eigenvalue weighted by atomic mass is 10.2. The fourth-order valence-electron chi connectivity index (χ4n) is 2.72. The van der Waals surface area contributed by atoms with E-state index in [1.54, 1.807) is 0 Å². The van der Waals surface area contributed by atoms with E-state index < -0.39 is 17.2 Å². The average Bonchev–Trinajstić information content (AvgIpc) is 2.67. The van der Waals surface area contributed by atoms with Crippen LogP contribution in [0.4, 0.5) is 5.69 Å². The highest BCUT2D eigenvalue weighted by atomic mass is 16.5. The van der Waals surface area contributed by atoms with Crippen LogP contribution in [0.5, 0.6) is 0 Å². The number of benzene rings is 1. The summed E-state index contributed by atoms with van der Waals surface area (Å²) in [5.41, 5.74) is 0.338. The molecule has 0 radical (unpaired) electrons. The summed E-state index contributed by atoms with van der Waals surface area (Å²) in [6.07, 6.45) is 1.54. The van der Waals surface area contributed by atoms with Crippen LogP contribution in [0.2, 0.25) is 0 Å². The molecule has 1 N–H and O–H groups in total. The fraction of sp³-hybridized carbons (Fsp3) is 0.389. The average molecular weight is 359 g/mol. The number of rotatable bonds is 6. The van der Waals surface area contributed by atoms with Crippen molar-refractivity contribution in [2.45, 2.75) is 19.6 Å². The topological polar surface area (TPSA) is 93.6 Å². The minimum Gasteiger partial charge on any atom is -0.461 e. The Bertz CT molecular complexity index is 853. The number of aromatic nitrogens is 2. The second kappa shape index (κ2) is 8.48. The minimum absolute atomic E-state index is 0.0430. The van der Waals surface area contributed by atoms with Gasteiger partial charge in [0.05, 0.1) is 19.6 Å². The monoisotopic (exact) mass is 359 g/mol. The van der Waals surface area contributed by atoms with Crippen LogP contribution in [-0.2, 0) is 27.4 Å². The van der Waals surface area contributed by atoms with Crippen LogP contribution >= 0.6 is 0 Å². The van der Waals surface area contributed by atoms with E-state index in [-0.39, 0.29) is 19.6 Å². The van der Waals surface area contributed by atoms with Gasteiger partial charge in [0.25, 0.3) is 5.56 Å². The molecule has 1 aliphatic heterocycles. The highest BCUT2D eigenvalue weighted by molar-refractivity contribution is 5.69. The first-order chi connectivity index (χ1) is 12.6. The summed E-state index contributed by atoms with van der Waals surface area (Å²) in [6, 6.07) is 9.37. The molecule has 0 bridgehead atoms. The zero-order valence-electron chi connectivity index (χ0n) is 14.3. The van der Waals surface area contributed by atoms with Gasteiger partial charge < -0.3 is 14.4 Å². The Balaban J connectivity index is 1.61. The van der Waals surface area contributed by atoms with Gasteiger partial charge in [0, 0.05) is 25.8 Å². The quantitative estimate of drug-likeness (QED) is 0.755. The van der Waals surface area contributed by atoms with E-state index in [9.17, 15) is 14.4 Å². The SMILES string of the molecule is O=C(CCn1cc(N2CCOCC2)c(=O)[nH]c1=O)OCc1ccccc1. The van der Waals surface area contributed by atoms with Gasteiger partial charge in [-0.05, 0) is 5.56 Å². The number of aryl methyl sites for hydroxylation is 1. The first-order valence-corrected chi connectivity index (χ1v) is 8.49. The van der Waals surface area contributed by atoms with Gasteiger partial charge in [0.1, 0.15) is 12.3 Å². The van der Waals surface area contributed by atoms with Crippen LogP contribution in [0.1, 0.15) is 12.0 Å². The number of aromatic amines is 1. The van der Waals surface area contributed by atoms with Crippen molar-refractivity contribution in [2.24, 2.45) is 0 Å². The van der Waals surface area contributed by atoms with Crippen molar-refractivity contribution in [3.63, 3.8) is 0 Å². The van der Waals surface area contributed by atoms with Gasteiger partial charge in [-0.25, -0.2) is 4.79 Å². The van der Waals surface area contributed by atoms with Gasteiger partial charge in [-0.2, -0.15) is 0 Å². The van der Waals surface area contributed by atoms with Crippen molar-refractivity contribution in [3.05, 3.63) is 62.9 Å². The van der Waals surface area contributed by atoms with E-state index in [1.807, 2.05) is 35.2 Å². The van der Waals surface area contributed by atoms with Gasteiger partial charge in [0.15, 0.2) is 0 Å². The third-order valence-electron chi connectivity index (χ3n) is 4.14. The number of nitrogens with one attached hydrogen (secondary N) is 1. The van der Waals surface area contributed by atoms with Crippen molar-refractivity contribution < 1.29 is 14.3 Å². The molecule has 2 heterocycles. The van der Waals surface area contributed by atoms with Gasteiger partial charge in [-0.3, -0.25) is 19.1 Å². The van der Waals surface area contributed by atoms with Gasteiger partial charge in [-0.1, -0.05) is 30.3 Å². The van der Waals surface area contributed by atoms with E-state index in [1.165, 1.54) is 10.8 Å². The van der Waals surface area contributed by atoms with Crippen LogP contribution in [0.15, 0.2) is 46.1 Å². The molecule has 0 unspecified atom stereocenters. The molecule has 0 saturated carbocycles. The molecule has 0 aliphatic carbocycles. The van der Waals surface area contributed by atoms with Gasteiger partial charge >= 0.3 is 11.7 Å². The van der Waals surface area contributed by atoms with E-state index in [0.29, 0.717) is 32.0 Å². The molecule has 26 heavy (non-hydrogen) atoms. The van der Waals surface area contributed by atoms with Crippen molar-refractivity contribution in [1.29, 1.82) is 0 Å². The highest BCUT2D eigenvalue weighted by Crippen LogP contribution is 2.09. The maximum atomic E-state index is 12.0. The summed E-state index contributed by atoms with van der Waals surface area (Å²) >= 11 is 0. The first kappa shape index (κ1) is 17.9. The lowest BCUT2D eigenvalue weighted by Crippen LogP contribution is -2.42. The summed E-state index contributed by atoms with van der Waals surface area (Å²) in [4.78, 5) is 40.1. The third-order valence-corrected chi connectivity index (χ3v) is 4.14. The predicted molar refractivity (Wildman–Crippen MR) is 95.2 cm³/mol. The Kier molecular flexibility index (Phi) is 5.85. The number of H-pyrrole nitrogens is 1. The molecule has 1 saturated heterocycles. The second-order valence-corrected chi connectivity index (χ2v) is 5.96. The standard InChI is InChI=1S/C18H21N3O5/c22-16(26-13-14-4-2-1-3-5-14)6-7-21-12-15(17(23)19-18(21)24)20-8-10-25-11-9-20/h1-5,12H,6-11,13H2,(H,19,23,24). The molecule has 2 aromatic rings. The number of carbonyl (C=O) groups excluding carboxylic acids is 1. The summed E-state index contributed by atoms with van der Waals surface area (Å²) in [5, 5.41) is 0. The molecular weight excluding hydrogens is 338 g/mol. The number of hydrogen-bond acceptors (Lipinski definition) is 6. The first-order valence-electron chi connectivity index (χ1n) is 8.49. The molecule has 0 amide bonds. The molecule has 3 rings (SSSR count). The molecule has 138 valence electrons. The molecule has 8 heteroatoms. The van der Waals surface area contributed by atoms with Crippen molar-refractivity contribution in [3.8, 4) is 0 Å². The van der Waals surface area contributed by atoms with Gasteiger partial charge in [0.2, 0.25) is 0 Å². The molecule has 1 aromatic heterocycles. The normalized spacial score (nSPS) is 14.2. The Hall–Kier alpha value is -2.87. The summed E-state index contributed by atoms with van der Waals surface area (Å²) in [7, 11) is 0. The molecule has 1 aromatic carbocycles. The number of morpholine rings is 1. The van der Waals surface area contributed by atoms with Crippen LogP contribution in [0.3, 0.4) is 0 Å². The van der Waals surface area contributed by atoms with Crippen molar-refractivity contribution >= 4 is 11.7 Å². The molecular formula is C18H21N3O5. The minimum atomic E-state index is -0.539. The zero-order chi connectivity index (χ0) is 18.4. The number of hydrogen-bond donors (Lipinski definition) is 1. The Labute approximate surface area is 150 Å². The van der Waals surface area contributed by atoms with Crippen LogP contribution < -0.4 is 16.1 Å². The fourth-order valence-corrected chi connectivity index (χ4v) is 2.72.